The van der Waals surface area contributed by atoms with Crippen LogP contribution in [-0.2, 0) is 4.79 Å². The maximum atomic E-state index is 14.7. The zero-order valence-electron chi connectivity index (χ0n) is 16.6. The van der Waals surface area contributed by atoms with Crippen molar-refractivity contribution >= 4 is 16.9 Å². The van der Waals surface area contributed by atoms with Gasteiger partial charge in [-0.15, -0.1) is 0 Å². The molecule has 2 heterocycles. The molecule has 0 aliphatic carbocycles. The Morgan fingerprint density at radius 1 is 0.909 bits per heavy atom. The van der Waals surface area contributed by atoms with Gasteiger partial charge < -0.3 is 19.4 Å². The van der Waals surface area contributed by atoms with Crippen LogP contribution in [0.3, 0.4) is 0 Å². The van der Waals surface area contributed by atoms with E-state index in [1.807, 2.05) is 0 Å². The second kappa shape index (κ2) is 7.40. The van der Waals surface area contributed by atoms with E-state index in [4.69, 9.17) is 9.15 Å². The number of esters is 1. The van der Waals surface area contributed by atoms with Crippen molar-refractivity contribution in [1.29, 1.82) is 0 Å². The molecule has 4 aromatic rings. The number of fused-ring (bicyclic) bond motifs is 3. The van der Waals surface area contributed by atoms with Gasteiger partial charge in [0.05, 0.1) is 12.0 Å². The predicted octanol–water partition coefficient (Wildman–Crippen LogP) is 4.73. The van der Waals surface area contributed by atoms with Gasteiger partial charge in [0, 0.05) is 17.5 Å². The van der Waals surface area contributed by atoms with Gasteiger partial charge in [-0.2, -0.15) is 0 Å². The van der Waals surface area contributed by atoms with E-state index in [1.54, 1.807) is 30.3 Å². The zero-order chi connectivity index (χ0) is 23.4. The number of phenols is 2. The number of hydrogen-bond donors (Lipinski definition) is 2. The summed E-state index contributed by atoms with van der Waals surface area (Å²) in [5.41, 5.74) is -1.08. The van der Waals surface area contributed by atoms with Gasteiger partial charge in [-0.25, -0.2) is 13.2 Å². The summed E-state index contributed by atoms with van der Waals surface area (Å²) >= 11 is 0. The number of aromatic hydroxyl groups is 2. The lowest BCUT2D eigenvalue weighted by Gasteiger charge is -2.27. The molecule has 166 valence electrons. The molecule has 0 spiro atoms. The zero-order valence-corrected chi connectivity index (χ0v) is 16.6. The maximum Gasteiger partial charge on any atom is 0.312 e. The summed E-state index contributed by atoms with van der Waals surface area (Å²) in [6.07, 6.45) is -0.520. The van der Waals surface area contributed by atoms with Crippen molar-refractivity contribution in [2.24, 2.45) is 0 Å². The molecule has 1 aromatic heterocycles. The molecule has 5 rings (SSSR count). The number of carbonyl (C=O) groups is 1. The van der Waals surface area contributed by atoms with Crippen LogP contribution in [0, 0.1) is 17.5 Å². The van der Waals surface area contributed by atoms with Crippen LogP contribution in [0.5, 0.6) is 17.2 Å². The lowest BCUT2D eigenvalue weighted by atomic mass is 9.84. The van der Waals surface area contributed by atoms with Crippen LogP contribution in [0.15, 0.2) is 57.7 Å². The molecule has 0 bridgehead atoms. The van der Waals surface area contributed by atoms with Crippen molar-refractivity contribution < 1.29 is 37.3 Å². The van der Waals surface area contributed by atoms with Crippen molar-refractivity contribution in [3.63, 3.8) is 0 Å². The summed E-state index contributed by atoms with van der Waals surface area (Å²) in [7, 11) is 0. The van der Waals surface area contributed by atoms with Gasteiger partial charge in [0.2, 0.25) is 5.75 Å². The summed E-state index contributed by atoms with van der Waals surface area (Å²) in [5, 5.41) is 20.5. The lowest BCUT2D eigenvalue weighted by Crippen LogP contribution is -2.23. The first-order valence-corrected chi connectivity index (χ1v) is 9.73. The van der Waals surface area contributed by atoms with Crippen molar-refractivity contribution in [3.05, 3.63) is 87.3 Å². The third-order valence-corrected chi connectivity index (χ3v) is 5.55. The summed E-state index contributed by atoms with van der Waals surface area (Å²) < 4.78 is 53.2. The minimum atomic E-state index is -1.74. The molecular weight excluding hydrogens is 441 g/mol. The largest absolute Gasteiger partial charge is 0.504 e. The van der Waals surface area contributed by atoms with Crippen LogP contribution in [0.25, 0.3) is 22.3 Å². The van der Waals surface area contributed by atoms with E-state index in [0.29, 0.717) is 11.6 Å². The Morgan fingerprint density at radius 3 is 2.36 bits per heavy atom. The first-order valence-electron chi connectivity index (χ1n) is 9.73. The molecule has 3 aromatic carbocycles. The van der Waals surface area contributed by atoms with E-state index in [2.05, 4.69) is 0 Å². The van der Waals surface area contributed by atoms with Crippen LogP contribution in [0.1, 0.15) is 23.5 Å². The normalized spacial score (nSPS) is 15.4. The van der Waals surface area contributed by atoms with Gasteiger partial charge in [-0.1, -0.05) is 36.4 Å². The quantitative estimate of drug-likeness (QED) is 0.197. The fraction of sp³-hybridized carbons (Fsp3) is 0.0833. The lowest BCUT2D eigenvalue weighted by molar-refractivity contribution is -0.135. The molecule has 1 aliphatic rings. The van der Waals surface area contributed by atoms with E-state index in [-0.39, 0.29) is 16.9 Å². The molecule has 33 heavy (non-hydrogen) atoms. The molecule has 0 saturated heterocycles. The number of benzene rings is 3. The Labute approximate surface area is 183 Å². The van der Waals surface area contributed by atoms with E-state index < -0.39 is 69.4 Å². The molecule has 0 amide bonds. The van der Waals surface area contributed by atoms with Crippen LogP contribution in [0.4, 0.5) is 13.2 Å². The Morgan fingerprint density at radius 2 is 1.64 bits per heavy atom. The van der Waals surface area contributed by atoms with Gasteiger partial charge >= 0.3 is 5.97 Å². The standard InChI is InChI=1S/C24H13F3O6/c25-13-7-6-11(19(26)20(13)27)12-8-16(29)33-24-17(12)23-18(21(30)22(24)31)14(28)9-15(32-23)10-4-2-1-3-5-10/h1-7,9,12,30-31H,8H2/t12-/m1/s1. The topological polar surface area (TPSA) is 97.0 Å². The molecule has 1 aliphatic heterocycles. The minimum Gasteiger partial charge on any atom is -0.504 e. The highest BCUT2D eigenvalue weighted by molar-refractivity contribution is 5.96. The van der Waals surface area contributed by atoms with E-state index >= 15 is 0 Å². The van der Waals surface area contributed by atoms with Crippen LogP contribution in [0.2, 0.25) is 0 Å². The molecule has 0 radical (unpaired) electrons. The Balaban J connectivity index is 1.89. The average molecular weight is 454 g/mol. The smallest absolute Gasteiger partial charge is 0.312 e. The van der Waals surface area contributed by atoms with Gasteiger partial charge in [0.15, 0.2) is 34.4 Å². The predicted molar refractivity (Wildman–Crippen MR) is 110 cm³/mol. The Kier molecular flexibility index (Phi) is 4.63. The van der Waals surface area contributed by atoms with E-state index in [9.17, 15) is 33.0 Å². The molecule has 1 atom stereocenters. The number of hydrogen-bond acceptors (Lipinski definition) is 6. The fourth-order valence-electron chi connectivity index (χ4n) is 4.03. The van der Waals surface area contributed by atoms with Crippen LogP contribution in [-0.4, -0.2) is 16.2 Å². The summed E-state index contributed by atoms with van der Waals surface area (Å²) in [6.45, 7) is 0. The average Bonchev–Trinajstić information content (AvgIpc) is 2.80. The van der Waals surface area contributed by atoms with Gasteiger partial charge in [0.25, 0.3) is 0 Å². The molecule has 0 unspecified atom stereocenters. The third-order valence-electron chi connectivity index (χ3n) is 5.55. The van der Waals surface area contributed by atoms with Crippen LogP contribution >= 0.6 is 0 Å². The Hall–Kier alpha value is -4.27. The third kappa shape index (κ3) is 3.12. The number of rotatable bonds is 2. The number of ether oxygens (including phenoxy) is 1. The first-order chi connectivity index (χ1) is 15.8. The van der Waals surface area contributed by atoms with Gasteiger partial charge in [-0.05, 0) is 11.6 Å². The number of phenolic OH excluding ortho intramolecular Hbond substituents is 2. The molecule has 2 N–H and O–H groups in total. The van der Waals surface area contributed by atoms with Gasteiger partial charge in [-0.3, -0.25) is 9.59 Å². The summed E-state index contributed by atoms with van der Waals surface area (Å²) in [4.78, 5) is 25.1. The monoisotopic (exact) mass is 454 g/mol. The minimum absolute atomic E-state index is 0.0850. The number of halogens is 3. The highest BCUT2D eigenvalue weighted by atomic mass is 19.2. The summed E-state index contributed by atoms with van der Waals surface area (Å²) in [6, 6.07) is 11.2. The highest BCUT2D eigenvalue weighted by Gasteiger charge is 2.38. The van der Waals surface area contributed by atoms with Crippen molar-refractivity contribution in [3.8, 4) is 28.6 Å². The SMILES string of the molecule is O=C1C[C@H](c2ccc(F)c(F)c2F)c2c(c(O)c(O)c3c(=O)cc(-c4ccccc4)oc23)O1. The number of carbonyl (C=O) groups excluding carboxylic acids is 1. The first kappa shape index (κ1) is 20.6. The van der Waals surface area contributed by atoms with Crippen molar-refractivity contribution in [2.75, 3.05) is 0 Å². The van der Waals surface area contributed by atoms with Crippen molar-refractivity contribution in [1.82, 2.24) is 0 Å². The molecule has 6 nitrogen and oxygen atoms in total. The summed E-state index contributed by atoms with van der Waals surface area (Å²) in [5.74, 6) is -9.23. The molecular formula is C24H13F3O6. The molecule has 9 heteroatoms. The second-order valence-electron chi connectivity index (χ2n) is 7.48. The van der Waals surface area contributed by atoms with Gasteiger partial charge in [0.1, 0.15) is 16.7 Å². The van der Waals surface area contributed by atoms with Crippen LogP contribution < -0.4 is 10.2 Å². The molecule has 0 fully saturated rings. The Bertz CT molecular complexity index is 1510. The van der Waals surface area contributed by atoms with E-state index in [0.717, 1.165) is 12.1 Å². The molecule has 0 saturated carbocycles. The van der Waals surface area contributed by atoms with Crippen molar-refractivity contribution in [2.45, 2.75) is 12.3 Å². The highest BCUT2D eigenvalue weighted by Crippen LogP contribution is 2.52. The maximum absolute atomic E-state index is 14.7. The van der Waals surface area contributed by atoms with E-state index in [1.165, 1.54) is 0 Å². The fourth-order valence-corrected chi connectivity index (χ4v) is 4.03. The second-order valence-corrected chi connectivity index (χ2v) is 7.48.